The number of aromatic nitrogens is 2. The van der Waals surface area contributed by atoms with Crippen LogP contribution in [0.25, 0.3) is 28.1 Å². The summed E-state index contributed by atoms with van der Waals surface area (Å²) in [6.07, 6.45) is 0. The van der Waals surface area contributed by atoms with Gasteiger partial charge in [0.15, 0.2) is 0 Å². The second kappa shape index (κ2) is 5.84. The molecule has 2 nitrogen and oxygen atoms in total. The van der Waals surface area contributed by atoms with Gasteiger partial charge in [-0.25, -0.2) is 4.98 Å². The molecule has 0 spiro atoms. The molecule has 0 amide bonds. The van der Waals surface area contributed by atoms with Crippen molar-refractivity contribution in [3.8, 4) is 17.1 Å². The van der Waals surface area contributed by atoms with E-state index in [0.717, 1.165) is 37.6 Å². The zero-order chi connectivity index (χ0) is 15.8. The van der Waals surface area contributed by atoms with Crippen LogP contribution in [0, 0.1) is 0 Å². The van der Waals surface area contributed by atoms with Gasteiger partial charge in [0.1, 0.15) is 5.82 Å². The van der Waals surface area contributed by atoms with E-state index in [2.05, 4.69) is 38.7 Å². The van der Waals surface area contributed by atoms with Crippen molar-refractivity contribution in [2.45, 2.75) is 0 Å². The van der Waals surface area contributed by atoms with Crippen LogP contribution in [0.4, 0.5) is 0 Å². The maximum absolute atomic E-state index is 6.04. The molecule has 4 heteroatoms. The van der Waals surface area contributed by atoms with Crippen LogP contribution in [0.1, 0.15) is 0 Å². The first-order valence-electron chi connectivity index (χ1n) is 7.22. The van der Waals surface area contributed by atoms with Crippen molar-refractivity contribution in [3.05, 3.63) is 82.3 Å². The van der Waals surface area contributed by atoms with Crippen LogP contribution in [-0.4, -0.2) is 9.55 Å². The van der Waals surface area contributed by atoms with Gasteiger partial charge in [0.25, 0.3) is 0 Å². The minimum atomic E-state index is 0.725. The maximum Gasteiger partial charge on any atom is 0.145 e. The third-order valence-corrected chi connectivity index (χ3v) is 4.53. The Bertz CT molecular complexity index is 973. The van der Waals surface area contributed by atoms with Crippen molar-refractivity contribution >= 4 is 38.6 Å². The fourth-order valence-corrected chi connectivity index (χ4v) is 3.06. The molecule has 0 aliphatic carbocycles. The molecular weight excluding hydrogens is 372 g/mol. The predicted octanol–water partition coefficient (Wildman–Crippen LogP) is 6.11. The molecule has 112 valence electrons. The molecule has 0 unspecified atom stereocenters. The lowest BCUT2D eigenvalue weighted by Crippen LogP contribution is -1.97. The molecule has 0 N–H and O–H groups in total. The SMILES string of the molecule is Clc1ccc(-n2c(-c3ccc(Br)cc3)nc3ccccc32)cc1. The number of imidazole rings is 1. The second-order valence-corrected chi connectivity index (χ2v) is 6.59. The van der Waals surface area contributed by atoms with Crippen LogP contribution in [0.2, 0.25) is 5.02 Å². The summed E-state index contributed by atoms with van der Waals surface area (Å²) >= 11 is 9.52. The van der Waals surface area contributed by atoms with Gasteiger partial charge in [-0.1, -0.05) is 51.8 Å². The normalized spacial score (nSPS) is 11.0. The summed E-state index contributed by atoms with van der Waals surface area (Å²) in [4.78, 5) is 4.83. The van der Waals surface area contributed by atoms with Crippen LogP contribution in [-0.2, 0) is 0 Å². The number of halogens is 2. The van der Waals surface area contributed by atoms with Gasteiger partial charge >= 0.3 is 0 Å². The average molecular weight is 384 g/mol. The molecule has 1 aromatic heterocycles. The number of fused-ring (bicyclic) bond motifs is 1. The first-order chi connectivity index (χ1) is 11.2. The standard InChI is InChI=1S/C19H12BrClN2/c20-14-7-5-13(6-8-14)19-22-17-3-1-2-4-18(17)23(19)16-11-9-15(21)10-12-16/h1-12H. The van der Waals surface area contributed by atoms with E-state index in [4.69, 9.17) is 16.6 Å². The van der Waals surface area contributed by atoms with Gasteiger partial charge in [-0.15, -0.1) is 0 Å². The molecule has 4 aromatic rings. The number of nitrogens with zero attached hydrogens (tertiary/aromatic N) is 2. The fraction of sp³-hybridized carbons (Fsp3) is 0. The molecule has 0 saturated heterocycles. The molecule has 3 aromatic carbocycles. The van der Waals surface area contributed by atoms with Gasteiger partial charge in [0.05, 0.1) is 11.0 Å². The number of benzene rings is 3. The van der Waals surface area contributed by atoms with E-state index in [0.29, 0.717) is 0 Å². The molecule has 4 rings (SSSR count). The second-order valence-electron chi connectivity index (χ2n) is 5.24. The molecule has 0 aliphatic heterocycles. The summed E-state index contributed by atoms with van der Waals surface area (Å²) in [5.74, 6) is 0.918. The highest BCUT2D eigenvalue weighted by Gasteiger charge is 2.13. The van der Waals surface area contributed by atoms with E-state index in [9.17, 15) is 0 Å². The van der Waals surface area contributed by atoms with E-state index in [-0.39, 0.29) is 0 Å². The van der Waals surface area contributed by atoms with E-state index < -0.39 is 0 Å². The highest BCUT2D eigenvalue weighted by Crippen LogP contribution is 2.29. The van der Waals surface area contributed by atoms with Crippen molar-refractivity contribution in [2.24, 2.45) is 0 Å². The van der Waals surface area contributed by atoms with Gasteiger partial charge in [0, 0.05) is 20.7 Å². The Labute approximate surface area is 147 Å². The Hall–Kier alpha value is -2.10. The van der Waals surface area contributed by atoms with E-state index >= 15 is 0 Å². The Morgan fingerprint density at radius 1 is 0.826 bits per heavy atom. The van der Waals surface area contributed by atoms with Crippen molar-refractivity contribution in [1.29, 1.82) is 0 Å². The molecule has 23 heavy (non-hydrogen) atoms. The van der Waals surface area contributed by atoms with Crippen LogP contribution < -0.4 is 0 Å². The maximum atomic E-state index is 6.04. The van der Waals surface area contributed by atoms with Crippen molar-refractivity contribution in [2.75, 3.05) is 0 Å². The van der Waals surface area contributed by atoms with Crippen LogP contribution in [0.5, 0.6) is 0 Å². The van der Waals surface area contributed by atoms with Gasteiger partial charge in [-0.05, 0) is 48.5 Å². The smallest absolute Gasteiger partial charge is 0.145 e. The number of hydrogen-bond acceptors (Lipinski definition) is 1. The Kier molecular flexibility index (Phi) is 3.68. The summed E-state index contributed by atoms with van der Waals surface area (Å²) in [7, 11) is 0. The third-order valence-electron chi connectivity index (χ3n) is 3.75. The summed E-state index contributed by atoms with van der Waals surface area (Å²) in [5, 5.41) is 0.725. The topological polar surface area (TPSA) is 17.8 Å². The quantitative estimate of drug-likeness (QED) is 0.408. The molecule has 1 heterocycles. The molecule has 0 atom stereocenters. The minimum Gasteiger partial charge on any atom is -0.292 e. The summed E-state index contributed by atoms with van der Waals surface area (Å²) in [6, 6.07) is 24.2. The molecule has 0 fully saturated rings. The molecule has 0 bridgehead atoms. The van der Waals surface area contributed by atoms with Gasteiger partial charge in [0.2, 0.25) is 0 Å². The monoisotopic (exact) mass is 382 g/mol. The molecule has 0 saturated carbocycles. The van der Waals surface area contributed by atoms with Crippen LogP contribution >= 0.6 is 27.5 Å². The third kappa shape index (κ3) is 2.67. The Balaban J connectivity index is 2.01. The van der Waals surface area contributed by atoms with E-state index in [1.165, 1.54) is 0 Å². The lowest BCUT2D eigenvalue weighted by Gasteiger charge is -2.10. The van der Waals surface area contributed by atoms with E-state index in [1.807, 2.05) is 54.6 Å². The van der Waals surface area contributed by atoms with Gasteiger partial charge in [-0.2, -0.15) is 0 Å². The van der Waals surface area contributed by atoms with Crippen LogP contribution in [0.3, 0.4) is 0 Å². The first-order valence-corrected chi connectivity index (χ1v) is 8.39. The summed E-state index contributed by atoms with van der Waals surface area (Å²) < 4.78 is 3.21. The summed E-state index contributed by atoms with van der Waals surface area (Å²) in [5.41, 5.74) is 4.16. The zero-order valence-electron chi connectivity index (χ0n) is 12.1. The lowest BCUT2D eigenvalue weighted by molar-refractivity contribution is 1.10. The number of para-hydroxylation sites is 2. The fourth-order valence-electron chi connectivity index (χ4n) is 2.67. The highest BCUT2D eigenvalue weighted by atomic mass is 79.9. The van der Waals surface area contributed by atoms with E-state index in [1.54, 1.807) is 0 Å². The first kappa shape index (κ1) is 14.5. The summed E-state index contributed by atoms with van der Waals surface area (Å²) in [6.45, 7) is 0. The predicted molar refractivity (Wildman–Crippen MR) is 99.2 cm³/mol. The van der Waals surface area contributed by atoms with Crippen molar-refractivity contribution < 1.29 is 0 Å². The van der Waals surface area contributed by atoms with Gasteiger partial charge in [-0.3, -0.25) is 4.57 Å². The van der Waals surface area contributed by atoms with Crippen molar-refractivity contribution in [1.82, 2.24) is 9.55 Å². The lowest BCUT2D eigenvalue weighted by atomic mass is 10.2. The Morgan fingerprint density at radius 3 is 2.26 bits per heavy atom. The zero-order valence-corrected chi connectivity index (χ0v) is 14.4. The van der Waals surface area contributed by atoms with Gasteiger partial charge < -0.3 is 0 Å². The van der Waals surface area contributed by atoms with Crippen molar-refractivity contribution in [3.63, 3.8) is 0 Å². The molecule has 0 radical (unpaired) electrons. The molecular formula is C19H12BrClN2. The number of hydrogen-bond donors (Lipinski definition) is 0. The largest absolute Gasteiger partial charge is 0.292 e. The minimum absolute atomic E-state index is 0.725. The number of rotatable bonds is 2. The van der Waals surface area contributed by atoms with Crippen LogP contribution in [0.15, 0.2) is 77.3 Å². The highest BCUT2D eigenvalue weighted by molar-refractivity contribution is 9.10. The molecule has 0 aliphatic rings. The Morgan fingerprint density at radius 2 is 1.52 bits per heavy atom. The average Bonchev–Trinajstić information content (AvgIpc) is 2.96.